The van der Waals surface area contributed by atoms with Crippen LogP contribution in [0.2, 0.25) is 0 Å². The van der Waals surface area contributed by atoms with Crippen LogP contribution in [0.15, 0.2) is 0 Å². The summed E-state index contributed by atoms with van der Waals surface area (Å²) < 4.78 is 33.8. The lowest BCUT2D eigenvalue weighted by molar-refractivity contribution is -0.129. The van der Waals surface area contributed by atoms with E-state index in [4.69, 9.17) is 0 Å². The molecule has 0 radical (unpaired) electrons. The fourth-order valence-electron chi connectivity index (χ4n) is 2.36. The van der Waals surface area contributed by atoms with Gasteiger partial charge < -0.3 is 4.90 Å². The Morgan fingerprint density at radius 2 is 1.94 bits per heavy atom. The maximum Gasteiger partial charge on any atom is 0.302 e. The Morgan fingerprint density at radius 1 is 1.33 bits per heavy atom. The van der Waals surface area contributed by atoms with Crippen molar-refractivity contribution in [2.45, 2.75) is 46.1 Å². The molecular weight excluding hydrogens is 257 g/mol. The van der Waals surface area contributed by atoms with Gasteiger partial charge in [0.15, 0.2) is 0 Å². The third kappa shape index (κ3) is 4.92. The second-order valence-corrected chi connectivity index (χ2v) is 7.05. The zero-order chi connectivity index (χ0) is 13.9. The van der Waals surface area contributed by atoms with Gasteiger partial charge in [-0.2, -0.15) is 8.42 Å². The van der Waals surface area contributed by atoms with Gasteiger partial charge in [-0.1, -0.05) is 13.8 Å². The molecule has 1 fully saturated rings. The second-order valence-electron chi connectivity index (χ2n) is 5.64. The molecule has 2 unspecified atom stereocenters. The molecule has 0 aromatic carbocycles. The summed E-state index contributed by atoms with van der Waals surface area (Å²) in [7, 11) is -4.48. The van der Waals surface area contributed by atoms with Crippen LogP contribution in [0.25, 0.3) is 0 Å². The normalized spacial score (nSPS) is 22.8. The lowest BCUT2D eigenvalue weighted by Crippen LogP contribution is -2.35. The number of carbonyl (C=O) groups excluding carboxylic acids is 1. The highest BCUT2D eigenvalue weighted by atomic mass is 32.3. The molecule has 1 aliphatic rings. The summed E-state index contributed by atoms with van der Waals surface area (Å²) in [6, 6.07) is 0.104. The SMILES string of the molecule is CC(C)CCC(C)N1CC(CS(=O)(=O)F)CC1=O. The average Bonchev–Trinajstić information content (AvgIpc) is 2.53. The highest BCUT2D eigenvalue weighted by molar-refractivity contribution is 7.86. The summed E-state index contributed by atoms with van der Waals surface area (Å²) in [6.45, 7) is 6.57. The molecule has 106 valence electrons. The van der Waals surface area contributed by atoms with Crippen molar-refractivity contribution in [1.82, 2.24) is 4.90 Å². The number of likely N-dealkylation sites (tertiary alicyclic amines) is 1. The smallest absolute Gasteiger partial charge is 0.302 e. The number of carbonyl (C=O) groups is 1. The average molecular weight is 279 g/mol. The lowest BCUT2D eigenvalue weighted by atomic mass is 10.0. The van der Waals surface area contributed by atoms with Crippen LogP contribution in [-0.2, 0) is 15.0 Å². The molecule has 4 nitrogen and oxygen atoms in total. The zero-order valence-corrected chi connectivity index (χ0v) is 12.0. The first-order valence-corrected chi connectivity index (χ1v) is 7.96. The molecule has 0 N–H and O–H groups in total. The molecule has 1 amide bonds. The molecule has 0 saturated carbocycles. The topological polar surface area (TPSA) is 54.5 Å². The van der Waals surface area contributed by atoms with Gasteiger partial charge in [0.25, 0.3) is 0 Å². The molecule has 2 atom stereocenters. The molecule has 0 spiro atoms. The van der Waals surface area contributed by atoms with Crippen LogP contribution >= 0.6 is 0 Å². The van der Waals surface area contributed by atoms with Crippen molar-refractivity contribution < 1.29 is 17.1 Å². The van der Waals surface area contributed by atoms with E-state index in [9.17, 15) is 17.1 Å². The van der Waals surface area contributed by atoms with E-state index in [1.165, 1.54) is 0 Å². The van der Waals surface area contributed by atoms with Crippen LogP contribution < -0.4 is 0 Å². The molecule has 0 bridgehead atoms. The van der Waals surface area contributed by atoms with Crippen LogP contribution in [0.4, 0.5) is 3.89 Å². The van der Waals surface area contributed by atoms with Crippen molar-refractivity contribution in [3.63, 3.8) is 0 Å². The highest BCUT2D eigenvalue weighted by Gasteiger charge is 2.34. The second kappa shape index (κ2) is 5.99. The molecule has 1 rings (SSSR count). The fraction of sp³-hybridized carbons (Fsp3) is 0.917. The molecule has 6 heteroatoms. The third-order valence-corrected chi connectivity index (χ3v) is 4.24. The Morgan fingerprint density at radius 3 is 2.44 bits per heavy atom. The van der Waals surface area contributed by atoms with Gasteiger partial charge in [0.05, 0.1) is 5.75 Å². The van der Waals surface area contributed by atoms with E-state index in [1.807, 2.05) is 6.92 Å². The maximum absolute atomic E-state index is 12.6. The van der Waals surface area contributed by atoms with Crippen molar-refractivity contribution >= 4 is 16.1 Å². The van der Waals surface area contributed by atoms with Crippen molar-refractivity contribution in [2.24, 2.45) is 11.8 Å². The van der Waals surface area contributed by atoms with E-state index in [-0.39, 0.29) is 18.4 Å². The third-order valence-electron chi connectivity index (χ3n) is 3.37. The summed E-state index contributed by atoms with van der Waals surface area (Å²) in [6.07, 6.45) is 2.07. The summed E-state index contributed by atoms with van der Waals surface area (Å²) in [4.78, 5) is 13.5. The van der Waals surface area contributed by atoms with E-state index in [1.54, 1.807) is 4.90 Å². The first-order chi connectivity index (χ1) is 8.19. The molecule has 0 aromatic heterocycles. The largest absolute Gasteiger partial charge is 0.340 e. The molecular formula is C12H22FNO3S. The minimum Gasteiger partial charge on any atom is -0.340 e. The van der Waals surface area contributed by atoms with Gasteiger partial charge in [0, 0.05) is 24.9 Å². The summed E-state index contributed by atoms with van der Waals surface area (Å²) in [5, 5.41) is 0. The first-order valence-electron chi connectivity index (χ1n) is 6.41. The van der Waals surface area contributed by atoms with Crippen LogP contribution in [0.1, 0.15) is 40.0 Å². The highest BCUT2D eigenvalue weighted by Crippen LogP contribution is 2.24. The summed E-state index contributed by atoms with van der Waals surface area (Å²) in [5.41, 5.74) is 0. The molecule has 18 heavy (non-hydrogen) atoms. The Kier molecular flexibility index (Phi) is 5.13. The van der Waals surface area contributed by atoms with E-state index >= 15 is 0 Å². The molecule has 1 aliphatic heterocycles. The Hall–Kier alpha value is -0.650. The Bertz CT molecular complexity index is 394. The summed E-state index contributed by atoms with van der Waals surface area (Å²) >= 11 is 0. The fourth-order valence-corrected chi connectivity index (χ4v) is 3.14. The number of rotatable bonds is 6. The number of nitrogens with zero attached hydrogens (tertiary/aromatic N) is 1. The van der Waals surface area contributed by atoms with Crippen LogP contribution in [-0.4, -0.2) is 37.6 Å². The Balaban J connectivity index is 2.51. The van der Waals surface area contributed by atoms with E-state index in [0.717, 1.165) is 12.8 Å². The first kappa shape index (κ1) is 15.4. The molecule has 1 heterocycles. The van der Waals surface area contributed by atoms with Crippen molar-refractivity contribution in [2.75, 3.05) is 12.3 Å². The van der Waals surface area contributed by atoms with Gasteiger partial charge in [-0.15, -0.1) is 3.89 Å². The van der Waals surface area contributed by atoms with Crippen LogP contribution in [0.3, 0.4) is 0 Å². The van der Waals surface area contributed by atoms with Crippen LogP contribution in [0.5, 0.6) is 0 Å². The zero-order valence-electron chi connectivity index (χ0n) is 11.2. The van der Waals surface area contributed by atoms with Gasteiger partial charge in [0.1, 0.15) is 0 Å². The lowest BCUT2D eigenvalue weighted by Gasteiger charge is -2.25. The predicted octanol–water partition coefficient (Wildman–Crippen LogP) is 1.96. The monoisotopic (exact) mass is 279 g/mol. The van der Waals surface area contributed by atoms with Gasteiger partial charge >= 0.3 is 10.2 Å². The minimum atomic E-state index is -4.48. The van der Waals surface area contributed by atoms with E-state index in [0.29, 0.717) is 12.5 Å². The Labute approximate surface area is 109 Å². The van der Waals surface area contributed by atoms with Gasteiger partial charge in [-0.3, -0.25) is 4.79 Å². The van der Waals surface area contributed by atoms with Gasteiger partial charge in [-0.05, 0) is 25.7 Å². The van der Waals surface area contributed by atoms with Crippen molar-refractivity contribution in [3.05, 3.63) is 0 Å². The van der Waals surface area contributed by atoms with E-state index < -0.39 is 21.9 Å². The number of amides is 1. The minimum absolute atomic E-state index is 0.0556. The summed E-state index contributed by atoms with van der Waals surface area (Å²) in [5.74, 6) is -0.410. The number of hydrogen-bond donors (Lipinski definition) is 0. The van der Waals surface area contributed by atoms with Gasteiger partial charge in [-0.25, -0.2) is 0 Å². The number of halogens is 1. The van der Waals surface area contributed by atoms with E-state index in [2.05, 4.69) is 13.8 Å². The van der Waals surface area contributed by atoms with Crippen LogP contribution in [0, 0.1) is 11.8 Å². The number of hydrogen-bond acceptors (Lipinski definition) is 3. The van der Waals surface area contributed by atoms with Gasteiger partial charge in [0.2, 0.25) is 5.91 Å². The molecule has 1 saturated heterocycles. The van der Waals surface area contributed by atoms with Crippen molar-refractivity contribution in [1.29, 1.82) is 0 Å². The quantitative estimate of drug-likeness (QED) is 0.698. The predicted molar refractivity (Wildman–Crippen MR) is 68.2 cm³/mol. The molecule has 0 aromatic rings. The standard InChI is InChI=1S/C12H22FNO3S/c1-9(2)4-5-10(3)14-7-11(6-12(14)15)8-18(13,16)17/h9-11H,4-8H2,1-3H3. The van der Waals surface area contributed by atoms with Crippen molar-refractivity contribution in [3.8, 4) is 0 Å². The molecule has 0 aliphatic carbocycles. The maximum atomic E-state index is 12.6.